The largest absolute Gasteiger partial charge is 0.492 e. The Morgan fingerprint density at radius 1 is 1.37 bits per heavy atom. The van der Waals surface area contributed by atoms with Crippen molar-refractivity contribution in [3.63, 3.8) is 0 Å². The SMILES string of the molecule is CCOc1ccc(Cl)cc1NC(=O)CCCC(=O)O. The van der Waals surface area contributed by atoms with Crippen LogP contribution in [0.15, 0.2) is 18.2 Å². The molecule has 0 radical (unpaired) electrons. The van der Waals surface area contributed by atoms with Gasteiger partial charge in [0.25, 0.3) is 0 Å². The highest BCUT2D eigenvalue weighted by molar-refractivity contribution is 6.31. The topological polar surface area (TPSA) is 75.6 Å². The zero-order chi connectivity index (χ0) is 14.3. The number of carboxylic acids is 1. The van der Waals surface area contributed by atoms with Crippen molar-refractivity contribution in [2.45, 2.75) is 26.2 Å². The number of carbonyl (C=O) groups is 2. The third kappa shape index (κ3) is 5.61. The number of benzene rings is 1. The highest BCUT2D eigenvalue weighted by atomic mass is 35.5. The first kappa shape index (κ1) is 15.3. The Morgan fingerprint density at radius 3 is 2.74 bits per heavy atom. The molecule has 6 heteroatoms. The summed E-state index contributed by atoms with van der Waals surface area (Å²) in [5.41, 5.74) is 0.495. The number of amides is 1. The standard InChI is InChI=1S/C13H16ClNO4/c1-2-19-11-7-6-9(14)8-10(11)15-12(16)4-3-5-13(17)18/h6-8H,2-5H2,1H3,(H,15,16)(H,17,18). The average Bonchev–Trinajstić information content (AvgIpc) is 2.32. The molecule has 19 heavy (non-hydrogen) atoms. The van der Waals surface area contributed by atoms with Crippen molar-refractivity contribution in [3.05, 3.63) is 23.2 Å². The molecule has 1 amide bonds. The highest BCUT2D eigenvalue weighted by Gasteiger charge is 2.09. The van der Waals surface area contributed by atoms with Crippen LogP contribution in [0.25, 0.3) is 0 Å². The quantitative estimate of drug-likeness (QED) is 0.807. The summed E-state index contributed by atoms with van der Waals surface area (Å²) in [6.07, 6.45) is 0.414. The van der Waals surface area contributed by atoms with E-state index in [2.05, 4.69) is 5.32 Å². The van der Waals surface area contributed by atoms with Crippen LogP contribution in [0.5, 0.6) is 5.75 Å². The van der Waals surface area contributed by atoms with Crippen LogP contribution in [0.3, 0.4) is 0 Å². The third-order valence-corrected chi connectivity index (χ3v) is 2.55. The Kier molecular flexibility index (Phi) is 6.15. The number of nitrogens with one attached hydrogen (secondary N) is 1. The Morgan fingerprint density at radius 2 is 2.11 bits per heavy atom. The fourth-order valence-electron chi connectivity index (χ4n) is 1.49. The molecule has 0 unspecified atom stereocenters. The number of ether oxygens (including phenoxy) is 1. The van der Waals surface area contributed by atoms with Gasteiger partial charge in [0.2, 0.25) is 5.91 Å². The zero-order valence-corrected chi connectivity index (χ0v) is 11.4. The summed E-state index contributed by atoms with van der Waals surface area (Å²) in [5.74, 6) is -0.631. The fraction of sp³-hybridized carbons (Fsp3) is 0.385. The molecule has 0 fully saturated rings. The molecule has 0 saturated heterocycles. The Labute approximate surface area is 116 Å². The second kappa shape index (κ2) is 7.63. The maximum absolute atomic E-state index is 11.7. The van der Waals surface area contributed by atoms with Gasteiger partial charge in [-0.1, -0.05) is 11.6 Å². The lowest BCUT2D eigenvalue weighted by molar-refractivity contribution is -0.137. The molecule has 5 nitrogen and oxygen atoms in total. The van der Waals surface area contributed by atoms with Gasteiger partial charge in [0.1, 0.15) is 5.75 Å². The molecular weight excluding hydrogens is 270 g/mol. The van der Waals surface area contributed by atoms with Gasteiger partial charge in [-0.15, -0.1) is 0 Å². The number of aliphatic carboxylic acids is 1. The molecule has 0 aliphatic carbocycles. The summed E-state index contributed by atoms with van der Waals surface area (Å²) in [5, 5.41) is 11.7. The number of anilines is 1. The van der Waals surface area contributed by atoms with Crippen molar-refractivity contribution in [1.82, 2.24) is 0 Å². The van der Waals surface area contributed by atoms with Gasteiger partial charge in [0, 0.05) is 17.9 Å². The van der Waals surface area contributed by atoms with E-state index >= 15 is 0 Å². The second-order valence-electron chi connectivity index (χ2n) is 3.87. The summed E-state index contributed by atoms with van der Waals surface area (Å²) >= 11 is 5.86. The van der Waals surface area contributed by atoms with Gasteiger partial charge < -0.3 is 15.2 Å². The Balaban J connectivity index is 2.61. The smallest absolute Gasteiger partial charge is 0.303 e. The summed E-state index contributed by atoms with van der Waals surface area (Å²) in [7, 11) is 0. The molecule has 1 aromatic rings. The molecule has 0 aliphatic rings. The van der Waals surface area contributed by atoms with Gasteiger partial charge in [0.05, 0.1) is 12.3 Å². The lowest BCUT2D eigenvalue weighted by atomic mass is 10.2. The summed E-state index contributed by atoms with van der Waals surface area (Å²) in [6, 6.07) is 4.95. The predicted octanol–water partition coefficient (Wildman–Crippen LogP) is 2.93. The van der Waals surface area contributed by atoms with Crippen LogP contribution in [0.2, 0.25) is 5.02 Å². The van der Waals surface area contributed by atoms with Gasteiger partial charge in [-0.25, -0.2) is 0 Å². The van der Waals surface area contributed by atoms with Crippen molar-refractivity contribution in [2.75, 3.05) is 11.9 Å². The fourth-order valence-corrected chi connectivity index (χ4v) is 1.67. The van der Waals surface area contributed by atoms with Crippen LogP contribution >= 0.6 is 11.6 Å². The van der Waals surface area contributed by atoms with Crippen LogP contribution < -0.4 is 10.1 Å². The van der Waals surface area contributed by atoms with E-state index in [4.69, 9.17) is 21.4 Å². The molecule has 0 spiro atoms. The average molecular weight is 286 g/mol. The first-order chi connectivity index (χ1) is 9.02. The Bertz CT molecular complexity index is 462. The van der Waals surface area contributed by atoms with Gasteiger partial charge in [0.15, 0.2) is 0 Å². The number of carboxylic acid groups (broad SMARTS) is 1. The van der Waals surface area contributed by atoms with E-state index in [0.717, 1.165) is 0 Å². The van der Waals surface area contributed by atoms with Crippen LogP contribution in [0.1, 0.15) is 26.2 Å². The van der Waals surface area contributed by atoms with E-state index in [-0.39, 0.29) is 18.7 Å². The zero-order valence-electron chi connectivity index (χ0n) is 10.6. The van der Waals surface area contributed by atoms with Gasteiger partial charge in [-0.3, -0.25) is 9.59 Å². The molecule has 0 aromatic heterocycles. The minimum absolute atomic E-state index is 0.0265. The molecule has 0 heterocycles. The third-order valence-electron chi connectivity index (χ3n) is 2.31. The number of hydrogen-bond acceptors (Lipinski definition) is 3. The molecule has 0 bridgehead atoms. The maximum atomic E-state index is 11.7. The monoisotopic (exact) mass is 285 g/mol. The molecular formula is C13H16ClNO4. The van der Waals surface area contributed by atoms with E-state index in [1.807, 2.05) is 6.92 Å². The second-order valence-corrected chi connectivity index (χ2v) is 4.31. The van der Waals surface area contributed by atoms with Gasteiger partial charge in [-0.2, -0.15) is 0 Å². The van der Waals surface area contributed by atoms with Crippen molar-refractivity contribution < 1.29 is 19.4 Å². The normalized spacial score (nSPS) is 10.0. The molecule has 0 atom stereocenters. The molecule has 1 aromatic carbocycles. The molecule has 104 valence electrons. The molecule has 0 saturated carbocycles. The number of rotatable bonds is 7. The van der Waals surface area contributed by atoms with Crippen LogP contribution in [0, 0.1) is 0 Å². The first-order valence-electron chi connectivity index (χ1n) is 5.97. The summed E-state index contributed by atoms with van der Waals surface area (Å²) in [6.45, 7) is 2.32. The lowest BCUT2D eigenvalue weighted by Crippen LogP contribution is -2.13. The van der Waals surface area contributed by atoms with Crippen LogP contribution in [0.4, 0.5) is 5.69 Å². The van der Waals surface area contributed by atoms with E-state index in [1.165, 1.54) is 0 Å². The van der Waals surface area contributed by atoms with Crippen molar-refractivity contribution in [3.8, 4) is 5.75 Å². The predicted molar refractivity (Wildman–Crippen MR) is 72.7 cm³/mol. The molecule has 0 aliphatic heterocycles. The van der Waals surface area contributed by atoms with Crippen LogP contribution in [-0.4, -0.2) is 23.6 Å². The van der Waals surface area contributed by atoms with E-state index in [1.54, 1.807) is 18.2 Å². The molecule has 1 rings (SSSR count). The van der Waals surface area contributed by atoms with Crippen molar-refractivity contribution >= 4 is 29.2 Å². The van der Waals surface area contributed by atoms with Gasteiger partial charge in [-0.05, 0) is 31.5 Å². The van der Waals surface area contributed by atoms with E-state index in [0.29, 0.717) is 29.5 Å². The highest BCUT2D eigenvalue weighted by Crippen LogP contribution is 2.28. The van der Waals surface area contributed by atoms with E-state index < -0.39 is 5.97 Å². The summed E-state index contributed by atoms with van der Waals surface area (Å²) < 4.78 is 5.37. The first-order valence-corrected chi connectivity index (χ1v) is 6.34. The number of hydrogen-bond donors (Lipinski definition) is 2. The Hall–Kier alpha value is -1.75. The number of carbonyl (C=O) groups excluding carboxylic acids is 1. The van der Waals surface area contributed by atoms with Crippen molar-refractivity contribution in [2.24, 2.45) is 0 Å². The maximum Gasteiger partial charge on any atom is 0.303 e. The lowest BCUT2D eigenvalue weighted by Gasteiger charge is -2.11. The summed E-state index contributed by atoms with van der Waals surface area (Å²) in [4.78, 5) is 22.0. The van der Waals surface area contributed by atoms with Crippen molar-refractivity contribution in [1.29, 1.82) is 0 Å². The number of halogens is 1. The van der Waals surface area contributed by atoms with E-state index in [9.17, 15) is 9.59 Å². The minimum Gasteiger partial charge on any atom is -0.492 e. The van der Waals surface area contributed by atoms with Gasteiger partial charge >= 0.3 is 5.97 Å². The minimum atomic E-state index is -0.912. The van der Waals surface area contributed by atoms with Crippen LogP contribution in [-0.2, 0) is 9.59 Å². The molecule has 2 N–H and O–H groups in total.